The van der Waals surface area contributed by atoms with Crippen LogP contribution in [0.15, 0.2) is 48.5 Å². The van der Waals surface area contributed by atoms with Crippen LogP contribution in [-0.4, -0.2) is 52.6 Å². The van der Waals surface area contributed by atoms with Crippen LogP contribution in [0.1, 0.15) is 37.3 Å². The molecule has 1 fully saturated rings. The maximum absolute atomic E-state index is 12.7. The highest BCUT2D eigenvalue weighted by Crippen LogP contribution is 2.44. The number of aliphatic carboxylic acids is 1. The fraction of sp³-hybridized carbons (Fsp3) is 0.333. The molecule has 1 aliphatic heterocycles. The zero-order valence-corrected chi connectivity index (χ0v) is 17.8. The van der Waals surface area contributed by atoms with Crippen molar-refractivity contribution in [2.45, 2.75) is 38.3 Å². The number of amides is 3. The third-order valence-corrected chi connectivity index (χ3v) is 5.98. The van der Waals surface area contributed by atoms with E-state index >= 15 is 0 Å². The van der Waals surface area contributed by atoms with Gasteiger partial charge >= 0.3 is 12.1 Å². The highest BCUT2D eigenvalue weighted by molar-refractivity contribution is 6.09. The number of hydrogen-bond acceptors (Lipinski definition) is 5. The molecule has 0 spiro atoms. The average Bonchev–Trinajstić information content (AvgIpc) is 3.21. The van der Waals surface area contributed by atoms with Gasteiger partial charge in [-0.25, -0.2) is 9.59 Å². The van der Waals surface area contributed by atoms with E-state index in [1.165, 1.54) is 0 Å². The topological polar surface area (TPSA) is 113 Å². The molecule has 3 amide bonds. The van der Waals surface area contributed by atoms with Crippen LogP contribution in [0, 0.1) is 5.92 Å². The van der Waals surface area contributed by atoms with Crippen LogP contribution < -0.4 is 5.32 Å². The first-order valence-electron chi connectivity index (χ1n) is 10.5. The van der Waals surface area contributed by atoms with Crippen molar-refractivity contribution in [2.24, 2.45) is 5.92 Å². The number of nitrogens with one attached hydrogen (secondary N) is 1. The Hall–Kier alpha value is -3.68. The molecule has 0 unspecified atom stereocenters. The lowest BCUT2D eigenvalue weighted by Crippen LogP contribution is -2.50. The third-order valence-electron chi connectivity index (χ3n) is 5.98. The van der Waals surface area contributed by atoms with E-state index in [1.54, 1.807) is 13.8 Å². The highest BCUT2D eigenvalue weighted by Gasteiger charge is 2.46. The molecule has 4 rings (SSSR count). The van der Waals surface area contributed by atoms with Gasteiger partial charge in [0, 0.05) is 5.92 Å². The number of rotatable bonds is 6. The Labute approximate surface area is 185 Å². The van der Waals surface area contributed by atoms with Crippen molar-refractivity contribution in [1.29, 1.82) is 0 Å². The second kappa shape index (κ2) is 8.45. The van der Waals surface area contributed by atoms with Gasteiger partial charge in [-0.05, 0) is 28.2 Å². The van der Waals surface area contributed by atoms with Crippen LogP contribution in [-0.2, 0) is 19.1 Å². The minimum absolute atomic E-state index is 0.0716. The van der Waals surface area contributed by atoms with E-state index in [-0.39, 0.29) is 18.9 Å². The van der Waals surface area contributed by atoms with Gasteiger partial charge in [-0.15, -0.1) is 0 Å². The summed E-state index contributed by atoms with van der Waals surface area (Å²) in [6.07, 6.45) is -1.12. The minimum atomic E-state index is -1.27. The van der Waals surface area contributed by atoms with Crippen molar-refractivity contribution in [3.05, 3.63) is 59.7 Å². The smallest absolute Gasteiger partial charge is 0.407 e. The van der Waals surface area contributed by atoms with E-state index in [0.717, 1.165) is 27.2 Å². The summed E-state index contributed by atoms with van der Waals surface area (Å²) in [4.78, 5) is 49.7. The molecule has 1 saturated heterocycles. The standard InChI is InChI=1S/C24H24N2O6/c1-13(2)21(23(29)30)26-20(27)11-19(22(26)28)25-24(31)32-12-18-16-9-5-3-7-14(16)15-8-4-6-10-17(15)18/h3-10,13,18-19,21H,11-12H2,1-2H3,(H,25,31)(H,29,30)/t19-,21+/m1/s1. The molecule has 0 radical (unpaired) electrons. The van der Waals surface area contributed by atoms with Crippen molar-refractivity contribution >= 4 is 23.9 Å². The number of benzene rings is 2. The molecule has 0 aromatic heterocycles. The van der Waals surface area contributed by atoms with Gasteiger partial charge in [0.05, 0.1) is 6.42 Å². The maximum Gasteiger partial charge on any atom is 0.407 e. The molecule has 32 heavy (non-hydrogen) atoms. The Kier molecular flexibility index (Phi) is 5.69. The van der Waals surface area contributed by atoms with Gasteiger partial charge in [0.2, 0.25) is 5.91 Å². The number of hydrogen-bond donors (Lipinski definition) is 2. The average molecular weight is 436 g/mol. The Bertz CT molecular complexity index is 1050. The van der Waals surface area contributed by atoms with Gasteiger partial charge in [-0.2, -0.15) is 0 Å². The van der Waals surface area contributed by atoms with Gasteiger partial charge < -0.3 is 15.2 Å². The van der Waals surface area contributed by atoms with Gasteiger partial charge in [0.1, 0.15) is 18.7 Å². The summed E-state index contributed by atoms with van der Waals surface area (Å²) in [5, 5.41) is 11.8. The molecule has 166 valence electrons. The van der Waals surface area contributed by atoms with Crippen molar-refractivity contribution in [2.75, 3.05) is 6.61 Å². The third kappa shape index (κ3) is 3.72. The maximum atomic E-state index is 12.7. The Morgan fingerprint density at radius 3 is 2.16 bits per heavy atom. The monoisotopic (exact) mass is 436 g/mol. The van der Waals surface area contributed by atoms with E-state index in [0.29, 0.717) is 0 Å². The molecular formula is C24H24N2O6. The molecule has 1 heterocycles. The normalized spacial score (nSPS) is 18.5. The fourth-order valence-corrected chi connectivity index (χ4v) is 4.53. The second-order valence-electron chi connectivity index (χ2n) is 8.36. The number of carbonyl (C=O) groups is 4. The van der Waals surface area contributed by atoms with E-state index in [4.69, 9.17) is 4.74 Å². The Morgan fingerprint density at radius 2 is 1.62 bits per heavy atom. The van der Waals surface area contributed by atoms with Crippen LogP contribution >= 0.6 is 0 Å². The lowest BCUT2D eigenvalue weighted by atomic mass is 9.98. The molecule has 8 heteroatoms. The zero-order valence-electron chi connectivity index (χ0n) is 17.8. The van der Waals surface area contributed by atoms with Crippen LogP contribution in [0.2, 0.25) is 0 Å². The zero-order chi connectivity index (χ0) is 23.0. The molecule has 0 bridgehead atoms. The SMILES string of the molecule is CC(C)[C@@H](C(=O)O)N1C(=O)C[C@@H](NC(=O)OCC2c3ccccc3-c3ccccc32)C1=O. The van der Waals surface area contributed by atoms with E-state index in [9.17, 15) is 24.3 Å². The number of alkyl carbamates (subject to hydrolysis) is 1. The predicted octanol–water partition coefficient (Wildman–Crippen LogP) is 2.76. The quantitative estimate of drug-likeness (QED) is 0.674. The van der Waals surface area contributed by atoms with Gasteiger partial charge in [-0.1, -0.05) is 62.4 Å². The van der Waals surface area contributed by atoms with Gasteiger partial charge in [0.25, 0.3) is 5.91 Å². The first kappa shape index (κ1) is 21.5. The van der Waals surface area contributed by atoms with Crippen molar-refractivity contribution in [3.63, 3.8) is 0 Å². The molecule has 1 aliphatic carbocycles. The lowest BCUT2D eigenvalue weighted by molar-refractivity contribution is -0.156. The fourth-order valence-electron chi connectivity index (χ4n) is 4.53. The van der Waals surface area contributed by atoms with Crippen LogP contribution in [0.3, 0.4) is 0 Å². The molecule has 0 saturated carbocycles. The molecule has 2 aromatic rings. The summed E-state index contributed by atoms with van der Waals surface area (Å²) in [5.41, 5.74) is 4.30. The second-order valence-corrected chi connectivity index (χ2v) is 8.36. The Balaban J connectivity index is 1.43. The Morgan fingerprint density at radius 1 is 1.06 bits per heavy atom. The summed E-state index contributed by atoms with van der Waals surface area (Å²) < 4.78 is 5.43. The highest BCUT2D eigenvalue weighted by atomic mass is 16.5. The summed E-state index contributed by atoms with van der Waals surface area (Å²) in [6, 6.07) is 13.4. The molecular weight excluding hydrogens is 412 g/mol. The van der Waals surface area contributed by atoms with E-state index in [1.807, 2.05) is 48.5 Å². The number of fused-ring (bicyclic) bond motifs is 3. The molecule has 2 aromatic carbocycles. The number of imide groups is 1. The molecule has 2 N–H and O–H groups in total. The number of nitrogens with zero attached hydrogens (tertiary/aromatic N) is 1. The number of carboxylic acid groups (broad SMARTS) is 1. The van der Waals surface area contributed by atoms with Gasteiger partial charge in [0.15, 0.2) is 0 Å². The number of likely N-dealkylation sites (tertiary alicyclic amines) is 1. The lowest BCUT2D eigenvalue weighted by Gasteiger charge is -2.26. The number of carboxylic acids is 1. The summed E-state index contributed by atoms with van der Waals surface area (Å²) in [6.45, 7) is 3.31. The molecule has 2 aliphatic rings. The van der Waals surface area contributed by atoms with Crippen molar-refractivity contribution < 1.29 is 29.0 Å². The van der Waals surface area contributed by atoms with Crippen LogP contribution in [0.25, 0.3) is 11.1 Å². The van der Waals surface area contributed by atoms with Crippen LogP contribution in [0.5, 0.6) is 0 Å². The summed E-state index contributed by atoms with van der Waals surface area (Å²) in [7, 11) is 0. The van der Waals surface area contributed by atoms with E-state index in [2.05, 4.69) is 5.32 Å². The first-order chi connectivity index (χ1) is 15.3. The minimum Gasteiger partial charge on any atom is -0.480 e. The van der Waals surface area contributed by atoms with Gasteiger partial charge in [-0.3, -0.25) is 14.5 Å². The largest absolute Gasteiger partial charge is 0.480 e. The van der Waals surface area contributed by atoms with E-state index < -0.39 is 41.9 Å². The molecule has 8 nitrogen and oxygen atoms in total. The molecule has 2 atom stereocenters. The van der Waals surface area contributed by atoms with Crippen molar-refractivity contribution in [1.82, 2.24) is 10.2 Å². The van der Waals surface area contributed by atoms with Crippen molar-refractivity contribution in [3.8, 4) is 11.1 Å². The number of carbonyl (C=O) groups excluding carboxylic acids is 3. The first-order valence-corrected chi connectivity index (χ1v) is 10.5. The number of ether oxygens (including phenoxy) is 1. The summed E-state index contributed by atoms with van der Waals surface area (Å²) in [5.74, 6) is -3.22. The van der Waals surface area contributed by atoms with Crippen LogP contribution in [0.4, 0.5) is 4.79 Å². The summed E-state index contributed by atoms with van der Waals surface area (Å²) >= 11 is 0. The predicted molar refractivity (Wildman–Crippen MR) is 115 cm³/mol.